The van der Waals surface area contributed by atoms with Crippen molar-refractivity contribution in [3.63, 3.8) is 0 Å². The lowest BCUT2D eigenvalue weighted by Gasteiger charge is -2.20. The number of nitrogens with zero attached hydrogens (tertiary/aromatic N) is 3. The van der Waals surface area contributed by atoms with Gasteiger partial charge in [-0.1, -0.05) is 17.7 Å². The molecule has 138 valence electrons. The zero-order valence-electron chi connectivity index (χ0n) is 14.2. The lowest BCUT2D eigenvalue weighted by molar-refractivity contribution is 0.0791. The minimum absolute atomic E-state index is 0. The first kappa shape index (κ1) is 18.9. The van der Waals surface area contributed by atoms with E-state index >= 15 is 0 Å². The van der Waals surface area contributed by atoms with Gasteiger partial charge >= 0.3 is 0 Å². The average molecular weight is 394 g/mol. The Balaban J connectivity index is 0.00000196. The third-order valence-electron chi connectivity index (χ3n) is 4.77. The molecule has 0 saturated carbocycles. The molecule has 1 fully saturated rings. The number of amides is 1. The smallest absolute Gasteiger partial charge is 0.253 e. The summed E-state index contributed by atoms with van der Waals surface area (Å²) in [6.45, 7) is 3.26. The molecule has 3 heterocycles. The van der Waals surface area contributed by atoms with Crippen LogP contribution < -0.4 is 10.6 Å². The van der Waals surface area contributed by atoms with Crippen LogP contribution in [0.3, 0.4) is 0 Å². The van der Waals surface area contributed by atoms with Crippen LogP contribution in [0, 0.1) is 0 Å². The number of carbonyl (C=O) groups is 1. The van der Waals surface area contributed by atoms with Crippen molar-refractivity contribution in [3.8, 4) is 0 Å². The Bertz CT molecular complexity index is 784. The SMILES string of the molecule is Cl.O=C(c1ccc2c(c1)CCNC2)N1CC[C@@H](Nc2ncc(Cl)cn2)C1. The molecule has 2 aliphatic heterocycles. The van der Waals surface area contributed by atoms with Gasteiger partial charge in [0.15, 0.2) is 0 Å². The first-order valence-electron chi connectivity index (χ1n) is 8.55. The molecule has 1 atom stereocenters. The maximum absolute atomic E-state index is 12.8. The summed E-state index contributed by atoms with van der Waals surface area (Å²) in [5.74, 6) is 0.646. The first-order valence-corrected chi connectivity index (χ1v) is 8.93. The van der Waals surface area contributed by atoms with E-state index in [-0.39, 0.29) is 24.4 Å². The maximum Gasteiger partial charge on any atom is 0.253 e. The maximum atomic E-state index is 12.8. The van der Waals surface area contributed by atoms with Crippen molar-refractivity contribution in [3.05, 3.63) is 52.3 Å². The molecule has 26 heavy (non-hydrogen) atoms. The Morgan fingerprint density at radius 3 is 2.88 bits per heavy atom. The van der Waals surface area contributed by atoms with Gasteiger partial charge in [-0.2, -0.15) is 0 Å². The summed E-state index contributed by atoms with van der Waals surface area (Å²) < 4.78 is 0. The van der Waals surface area contributed by atoms with E-state index in [0.717, 1.165) is 38.0 Å². The summed E-state index contributed by atoms with van der Waals surface area (Å²) in [5, 5.41) is 7.14. The lowest BCUT2D eigenvalue weighted by atomic mass is 9.98. The van der Waals surface area contributed by atoms with E-state index in [9.17, 15) is 4.79 Å². The third kappa shape index (κ3) is 4.09. The Hall–Kier alpha value is -1.89. The van der Waals surface area contributed by atoms with Crippen molar-refractivity contribution >= 4 is 35.9 Å². The van der Waals surface area contributed by atoms with E-state index in [1.54, 1.807) is 12.4 Å². The molecule has 1 amide bonds. The Morgan fingerprint density at radius 2 is 2.08 bits per heavy atom. The van der Waals surface area contributed by atoms with E-state index < -0.39 is 0 Å². The van der Waals surface area contributed by atoms with Crippen molar-refractivity contribution in [1.82, 2.24) is 20.2 Å². The minimum atomic E-state index is 0. The molecule has 2 aromatic rings. The van der Waals surface area contributed by atoms with Crippen molar-refractivity contribution in [1.29, 1.82) is 0 Å². The van der Waals surface area contributed by atoms with Gasteiger partial charge in [-0.25, -0.2) is 9.97 Å². The van der Waals surface area contributed by atoms with Gasteiger partial charge in [0.2, 0.25) is 5.95 Å². The van der Waals surface area contributed by atoms with Crippen molar-refractivity contribution < 1.29 is 4.79 Å². The van der Waals surface area contributed by atoms with Crippen LogP contribution >= 0.6 is 24.0 Å². The van der Waals surface area contributed by atoms with Crippen molar-refractivity contribution in [2.45, 2.75) is 25.4 Å². The van der Waals surface area contributed by atoms with E-state index in [1.807, 2.05) is 11.0 Å². The monoisotopic (exact) mass is 393 g/mol. The number of aromatic nitrogens is 2. The van der Waals surface area contributed by atoms with Crippen LogP contribution in [-0.4, -0.2) is 46.5 Å². The van der Waals surface area contributed by atoms with Gasteiger partial charge in [-0.05, 0) is 42.6 Å². The van der Waals surface area contributed by atoms with Crippen LogP contribution in [0.1, 0.15) is 27.9 Å². The summed E-state index contributed by atoms with van der Waals surface area (Å²) in [5.41, 5.74) is 3.36. The van der Waals surface area contributed by atoms with Gasteiger partial charge in [-0.3, -0.25) is 4.79 Å². The van der Waals surface area contributed by atoms with Crippen LogP contribution in [0.4, 0.5) is 5.95 Å². The van der Waals surface area contributed by atoms with E-state index in [0.29, 0.717) is 17.5 Å². The number of halogens is 2. The van der Waals surface area contributed by atoms with Crippen molar-refractivity contribution in [2.24, 2.45) is 0 Å². The van der Waals surface area contributed by atoms with Crippen LogP contribution in [0.5, 0.6) is 0 Å². The molecule has 1 saturated heterocycles. The molecule has 1 aromatic heterocycles. The van der Waals surface area contributed by atoms with Gasteiger partial charge in [0.25, 0.3) is 5.91 Å². The van der Waals surface area contributed by atoms with Crippen molar-refractivity contribution in [2.75, 3.05) is 25.0 Å². The minimum Gasteiger partial charge on any atom is -0.350 e. The number of hydrogen-bond donors (Lipinski definition) is 2. The van der Waals surface area contributed by atoms with Crippen LogP contribution in [-0.2, 0) is 13.0 Å². The third-order valence-corrected chi connectivity index (χ3v) is 4.96. The number of benzene rings is 1. The van der Waals surface area contributed by atoms with Crippen LogP contribution in [0.2, 0.25) is 5.02 Å². The molecule has 1 aromatic carbocycles. The topological polar surface area (TPSA) is 70.2 Å². The number of rotatable bonds is 3. The quantitative estimate of drug-likeness (QED) is 0.838. The summed E-state index contributed by atoms with van der Waals surface area (Å²) in [6.07, 6.45) is 4.99. The van der Waals surface area contributed by atoms with Crippen LogP contribution in [0.15, 0.2) is 30.6 Å². The zero-order valence-corrected chi connectivity index (χ0v) is 15.8. The highest BCUT2D eigenvalue weighted by Crippen LogP contribution is 2.20. The number of carbonyl (C=O) groups excluding carboxylic acids is 1. The average Bonchev–Trinajstić information content (AvgIpc) is 3.11. The molecule has 0 radical (unpaired) electrons. The number of likely N-dealkylation sites (tertiary alicyclic amines) is 1. The number of anilines is 1. The molecule has 0 aliphatic carbocycles. The van der Waals surface area contributed by atoms with E-state index in [1.165, 1.54) is 11.1 Å². The van der Waals surface area contributed by atoms with Crippen LogP contribution in [0.25, 0.3) is 0 Å². The Kier molecular flexibility index (Phi) is 5.96. The fourth-order valence-electron chi connectivity index (χ4n) is 3.42. The van der Waals surface area contributed by atoms with Gasteiger partial charge in [0.1, 0.15) is 0 Å². The predicted molar refractivity (Wildman–Crippen MR) is 104 cm³/mol. The highest BCUT2D eigenvalue weighted by atomic mass is 35.5. The fraction of sp³-hybridized carbons (Fsp3) is 0.389. The Morgan fingerprint density at radius 1 is 1.27 bits per heavy atom. The molecule has 6 nitrogen and oxygen atoms in total. The summed E-state index contributed by atoms with van der Waals surface area (Å²) in [4.78, 5) is 23.0. The van der Waals surface area contributed by atoms with Gasteiger partial charge < -0.3 is 15.5 Å². The molecule has 0 spiro atoms. The largest absolute Gasteiger partial charge is 0.350 e. The van der Waals surface area contributed by atoms with Gasteiger partial charge in [0.05, 0.1) is 17.4 Å². The highest BCUT2D eigenvalue weighted by molar-refractivity contribution is 6.30. The second-order valence-corrected chi connectivity index (χ2v) is 6.95. The molecule has 2 N–H and O–H groups in total. The predicted octanol–water partition coefficient (Wildman–Crippen LogP) is 2.52. The standard InChI is InChI=1S/C18H20ClN5O.ClH/c19-15-9-21-18(22-10-15)23-16-4-6-24(11-16)17(25)13-1-2-14-8-20-5-3-12(14)7-13;/h1-2,7,9-10,16,20H,3-6,8,11H2,(H,21,22,23);1H/t16-;/m1./s1. The molecule has 0 unspecified atom stereocenters. The number of nitrogens with one attached hydrogen (secondary N) is 2. The summed E-state index contributed by atoms with van der Waals surface area (Å²) in [7, 11) is 0. The Labute approximate surface area is 163 Å². The van der Waals surface area contributed by atoms with E-state index in [2.05, 4.69) is 32.7 Å². The van der Waals surface area contributed by atoms with Gasteiger partial charge in [-0.15, -0.1) is 12.4 Å². The lowest BCUT2D eigenvalue weighted by Crippen LogP contribution is -2.32. The van der Waals surface area contributed by atoms with Gasteiger partial charge in [0, 0.05) is 31.2 Å². The zero-order chi connectivity index (χ0) is 17.2. The molecule has 2 aliphatic rings. The summed E-state index contributed by atoms with van der Waals surface area (Å²) >= 11 is 5.80. The second kappa shape index (κ2) is 8.20. The molecule has 8 heteroatoms. The summed E-state index contributed by atoms with van der Waals surface area (Å²) in [6, 6.07) is 6.23. The van der Waals surface area contributed by atoms with E-state index in [4.69, 9.17) is 11.6 Å². The molecule has 4 rings (SSSR count). The first-order chi connectivity index (χ1) is 12.2. The fourth-order valence-corrected chi connectivity index (χ4v) is 3.52. The highest BCUT2D eigenvalue weighted by Gasteiger charge is 2.27. The number of hydrogen-bond acceptors (Lipinski definition) is 5. The second-order valence-electron chi connectivity index (χ2n) is 6.52. The normalized spacial score (nSPS) is 18.8. The molecular formula is C18H21Cl2N5O. The molecule has 0 bridgehead atoms. The molecular weight excluding hydrogens is 373 g/mol. The number of fused-ring (bicyclic) bond motifs is 1.